The van der Waals surface area contributed by atoms with Crippen LogP contribution in [0.1, 0.15) is 25.0 Å². The maximum Gasteiger partial charge on any atom is 0.422 e. The number of benzene rings is 1. The number of aryl methyl sites for hydroxylation is 2. The first-order valence-corrected chi connectivity index (χ1v) is 5.15. The van der Waals surface area contributed by atoms with Crippen molar-refractivity contribution in [2.45, 2.75) is 26.7 Å². The van der Waals surface area contributed by atoms with Crippen LogP contribution in [-0.4, -0.2) is 17.0 Å². The Balaban J connectivity index is 2.96. The van der Waals surface area contributed by atoms with Crippen LogP contribution in [-0.2, 0) is 22.4 Å². The lowest BCUT2D eigenvalue weighted by Gasteiger charge is -2.08. The van der Waals surface area contributed by atoms with Gasteiger partial charge in [-0.1, -0.05) is 26.0 Å². The van der Waals surface area contributed by atoms with Crippen LogP contribution in [0, 0.1) is 0 Å². The Morgan fingerprint density at radius 1 is 1.25 bits per heavy atom. The zero-order valence-corrected chi connectivity index (χ0v) is 9.32. The van der Waals surface area contributed by atoms with E-state index in [9.17, 15) is 9.59 Å². The summed E-state index contributed by atoms with van der Waals surface area (Å²) in [6.45, 7) is 3.95. The first-order chi connectivity index (χ1) is 7.58. The molecule has 1 rings (SSSR count). The highest BCUT2D eigenvalue weighted by atomic mass is 16.6. The number of carbonyl (C=O) groups is 2. The van der Waals surface area contributed by atoms with Gasteiger partial charge in [-0.15, -0.1) is 0 Å². The minimum Gasteiger partial charge on any atom is -0.473 e. The van der Waals surface area contributed by atoms with Crippen molar-refractivity contribution >= 4 is 11.9 Å². The SMILES string of the molecule is CCc1ccc(OC(=O)C(=O)O)c(CC)c1. The number of rotatable bonds is 3. The molecule has 0 aliphatic carbocycles. The van der Waals surface area contributed by atoms with Crippen molar-refractivity contribution < 1.29 is 19.4 Å². The van der Waals surface area contributed by atoms with E-state index < -0.39 is 11.9 Å². The van der Waals surface area contributed by atoms with Crippen molar-refractivity contribution in [3.8, 4) is 5.75 Å². The van der Waals surface area contributed by atoms with E-state index in [0.717, 1.165) is 17.5 Å². The summed E-state index contributed by atoms with van der Waals surface area (Å²) < 4.78 is 4.76. The van der Waals surface area contributed by atoms with Gasteiger partial charge in [0.15, 0.2) is 0 Å². The molecule has 1 aromatic rings. The highest BCUT2D eigenvalue weighted by molar-refractivity contribution is 6.29. The largest absolute Gasteiger partial charge is 0.473 e. The van der Waals surface area contributed by atoms with E-state index in [1.165, 1.54) is 0 Å². The summed E-state index contributed by atoms with van der Waals surface area (Å²) in [6, 6.07) is 5.38. The number of esters is 1. The van der Waals surface area contributed by atoms with E-state index in [-0.39, 0.29) is 0 Å². The summed E-state index contributed by atoms with van der Waals surface area (Å²) in [7, 11) is 0. The fourth-order valence-electron chi connectivity index (χ4n) is 1.37. The first kappa shape index (κ1) is 12.2. The first-order valence-electron chi connectivity index (χ1n) is 5.15. The molecule has 1 N–H and O–H groups in total. The van der Waals surface area contributed by atoms with E-state index in [2.05, 4.69) is 0 Å². The third-order valence-corrected chi connectivity index (χ3v) is 2.29. The zero-order chi connectivity index (χ0) is 12.1. The van der Waals surface area contributed by atoms with Crippen molar-refractivity contribution in [1.82, 2.24) is 0 Å². The number of hydrogen-bond acceptors (Lipinski definition) is 3. The maximum atomic E-state index is 10.9. The number of carbonyl (C=O) groups excluding carboxylic acids is 1. The molecular weight excluding hydrogens is 208 g/mol. The molecule has 0 saturated carbocycles. The molecule has 0 unspecified atom stereocenters. The lowest BCUT2D eigenvalue weighted by molar-refractivity contribution is -0.158. The predicted molar refractivity (Wildman–Crippen MR) is 58.5 cm³/mol. The number of carboxylic acids is 1. The van der Waals surface area contributed by atoms with Crippen LogP contribution >= 0.6 is 0 Å². The van der Waals surface area contributed by atoms with Crippen molar-refractivity contribution in [2.75, 3.05) is 0 Å². The Bertz CT molecular complexity index is 409. The number of ether oxygens (including phenoxy) is 1. The molecule has 16 heavy (non-hydrogen) atoms. The molecule has 0 amide bonds. The Hall–Kier alpha value is -1.84. The number of hydrogen-bond donors (Lipinski definition) is 1. The van der Waals surface area contributed by atoms with Crippen LogP contribution < -0.4 is 4.74 Å². The second-order valence-corrected chi connectivity index (χ2v) is 3.34. The third-order valence-electron chi connectivity index (χ3n) is 2.29. The molecule has 0 fully saturated rings. The highest BCUT2D eigenvalue weighted by Gasteiger charge is 2.15. The molecule has 0 atom stereocenters. The molecule has 0 aliphatic heterocycles. The number of aliphatic carboxylic acids is 1. The van der Waals surface area contributed by atoms with Gasteiger partial charge in [0.2, 0.25) is 0 Å². The second kappa shape index (κ2) is 5.30. The van der Waals surface area contributed by atoms with Crippen LogP contribution in [0.5, 0.6) is 5.75 Å². The van der Waals surface area contributed by atoms with Crippen LogP contribution in [0.2, 0.25) is 0 Å². The molecule has 0 heterocycles. The number of carboxylic acid groups (broad SMARTS) is 1. The van der Waals surface area contributed by atoms with Gasteiger partial charge in [-0.2, -0.15) is 0 Å². The molecule has 0 aromatic heterocycles. The monoisotopic (exact) mass is 222 g/mol. The molecular formula is C12H14O4. The molecule has 4 nitrogen and oxygen atoms in total. The molecule has 0 aliphatic rings. The molecule has 86 valence electrons. The Labute approximate surface area is 93.9 Å². The zero-order valence-electron chi connectivity index (χ0n) is 9.32. The Kier molecular flexibility index (Phi) is 4.05. The fourth-order valence-corrected chi connectivity index (χ4v) is 1.37. The van der Waals surface area contributed by atoms with E-state index in [4.69, 9.17) is 9.84 Å². The van der Waals surface area contributed by atoms with Gasteiger partial charge in [-0.25, -0.2) is 9.59 Å². The average molecular weight is 222 g/mol. The molecule has 0 bridgehead atoms. The second-order valence-electron chi connectivity index (χ2n) is 3.34. The molecule has 0 radical (unpaired) electrons. The minimum atomic E-state index is -1.58. The molecule has 1 aromatic carbocycles. The molecule has 0 saturated heterocycles. The third kappa shape index (κ3) is 2.82. The van der Waals surface area contributed by atoms with Crippen molar-refractivity contribution in [3.63, 3.8) is 0 Å². The standard InChI is InChI=1S/C12H14O4/c1-3-8-5-6-10(9(4-2)7-8)16-12(15)11(13)14/h5-7H,3-4H2,1-2H3,(H,13,14). The lowest BCUT2D eigenvalue weighted by atomic mass is 10.1. The Morgan fingerprint density at radius 3 is 2.44 bits per heavy atom. The van der Waals surface area contributed by atoms with Gasteiger partial charge in [-0.05, 0) is 30.0 Å². The van der Waals surface area contributed by atoms with Crippen molar-refractivity contribution in [2.24, 2.45) is 0 Å². The van der Waals surface area contributed by atoms with Crippen LogP contribution in [0.3, 0.4) is 0 Å². The topological polar surface area (TPSA) is 63.6 Å². The summed E-state index contributed by atoms with van der Waals surface area (Å²) in [6.07, 6.45) is 1.58. The van der Waals surface area contributed by atoms with Gasteiger partial charge in [0.1, 0.15) is 5.75 Å². The lowest BCUT2D eigenvalue weighted by Crippen LogP contribution is -2.19. The summed E-state index contributed by atoms with van der Waals surface area (Å²) in [5, 5.41) is 8.43. The normalized spacial score (nSPS) is 9.88. The van der Waals surface area contributed by atoms with Crippen LogP contribution in [0.15, 0.2) is 18.2 Å². The van der Waals surface area contributed by atoms with Gasteiger partial charge in [0, 0.05) is 0 Å². The maximum absolute atomic E-state index is 10.9. The van der Waals surface area contributed by atoms with Crippen LogP contribution in [0.25, 0.3) is 0 Å². The van der Waals surface area contributed by atoms with Crippen molar-refractivity contribution in [1.29, 1.82) is 0 Å². The van der Waals surface area contributed by atoms with Crippen LogP contribution in [0.4, 0.5) is 0 Å². The molecule has 0 spiro atoms. The van der Waals surface area contributed by atoms with Crippen molar-refractivity contribution in [3.05, 3.63) is 29.3 Å². The van der Waals surface area contributed by atoms with E-state index >= 15 is 0 Å². The van der Waals surface area contributed by atoms with Gasteiger partial charge >= 0.3 is 11.9 Å². The van der Waals surface area contributed by atoms with E-state index in [1.807, 2.05) is 26.0 Å². The molecule has 4 heteroatoms. The highest BCUT2D eigenvalue weighted by Crippen LogP contribution is 2.21. The summed E-state index contributed by atoms with van der Waals surface area (Å²) in [5.74, 6) is -2.51. The predicted octanol–water partition coefficient (Wildman–Crippen LogP) is 1.80. The van der Waals surface area contributed by atoms with Gasteiger partial charge in [0.05, 0.1) is 0 Å². The van der Waals surface area contributed by atoms with Gasteiger partial charge in [-0.3, -0.25) is 0 Å². The summed E-state index contributed by atoms with van der Waals surface area (Å²) in [5.41, 5.74) is 1.97. The Morgan fingerprint density at radius 2 is 1.94 bits per heavy atom. The summed E-state index contributed by atoms with van der Waals surface area (Å²) >= 11 is 0. The smallest absolute Gasteiger partial charge is 0.422 e. The average Bonchev–Trinajstić information content (AvgIpc) is 2.29. The van der Waals surface area contributed by atoms with E-state index in [0.29, 0.717) is 12.2 Å². The fraction of sp³-hybridized carbons (Fsp3) is 0.333. The minimum absolute atomic E-state index is 0.326. The quantitative estimate of drug-likeness (QED) is 0.481. The van der Waals surface area contributed by atoms with Gasteiger partial charge in [0.25, 0.3) is 0 Å². The van der Waals surface area contributed by atoms with Gasteiger partial charge < -0.3 is 9.84 Å². The summed E-state index contributed by atoms with van der Waals surface area (Å²) in [4.78, 5) is 21.3. The van der Waals surface area contributed by atoms with E-state index in [1.54, 1.807) is 6.07 Å².